The highest BCUT2D eigenvalue weighted by atomic mass is 32.1. The first-order valence-electron chi connectivity index (χ1n) is 10.6. The van der Waals surface area contributed by atoms with E-state index in [9.17, 15) is 9.59 Å². The third-order valence-corrected chi connectivity index (χ3v) is 6.21. The van der Waals surface area contributed by atoms with Crippen LogP contribution in [0.4, 0.5) is 5.13 Å². The summed E-state index contributed by atoms with van der Waals surface area (Å²) in [7, 11) is 0. The Morgan fingerprint density at radius 2 is 1.68 bits per heavy atom. The standard InChI is InChI=1S/C24H26N4O2S/c29-22(25-16-21(28-13-7-8-14-28)18-9-3-1-4-10-18)15-20-17-31-24(26-20)27-23(30)19-11-5-2-6-12-19/h1-6,9-12,17,21H,7-8,13-16H2,(H,25,29)(H,26,27,30). The summed E-state index contributed by atoms with van der Waals surface area (Å²) < 4.78 is 0. The van der Waals surface area contributed by atoms with Crippen LogP contribution in [0.1, 0.15) is 40.5 Å². The number of carbonyl (C=O) groups is 2. The molecule has 1 fully saturated rings. The lowest BCUT2D eigenvalue weighted by atomic mass is 10.1. The SMILES string of the molecule is O=C(Cc1csc(NC(=O)c2ccccc2)n1)NCC(c1ccccc1)N1CCCC1. The second-order valence-electron chi connectivity index (χ2n) is 7.61. The zero-order valence-corrected chi connectivity index (χ0v) is 18.1. The number of aromatic nitrogens is 1. The van der Waals surface area contributed by atoms with Gasteiger partial charge in [-0.1, -0.05) is 48.5 Å². The molecular formula is C24H26N4O2S. The van der Waals surface area contributed by atoms with Gasteiger partial charge in [-0.3, -0.25) is 19.8 Å². The predicted molar refractivity (Wildman–Crippen MR) is 123 cm³/mol. The molecule has 1 atom stereocenters. The molecule has 31 heavy (non-hydrogen) atoms. The quantitative estimate of drug-likeness (QED) is 0.564. The van der Waals surface area contributed by atoms with E-state index in [0.29, 0.717) is 22.9 Å². The van der Waals surface area contributed by atoms with E-state index in [1.807, 2.05) is 41.8 Å². The molecule has 1 aromatic heterocycles. The molecule has 2 aromatic carbocycles. The Kier molecular flexibility index (Phi) is 7.07. The lowest BCUT2D eigenvalue weighted by Gasteiger charge is -2.28. The van der Waals surface area contributed by atoms with Crippen molar-refractivity contribution in [2.75, 3.05) is 25.0 Å². The monoisotopic (exact) mass is 434 g/mol. The molecular weight excluding hydrogens is 408 g/mol. The van der Waals surface area contributed by atoms with Crippen molar-refractivity contribution in [2.45, 2.75) is 25.3 Å². The number of carbonyl (C=O) groups excluding carboxylic acids is 2. The van der Waals surface area contributed by atoms with Crippen molar-refractivity contribution in [2.24, 2.45) is 0 Å². The van der Waals surface area contributed by atoms with Crippen LogP contribution in [0.3, 0.4) is 0 Å². The van der Waals surface area contributed by atoms with Crippen LogP contribution in [-0.4, -0.2) is 41.3 Å². The first-order chi connectivity index (χ1) is 15.2. The molecule has 1 unspecified atom stereocenters. The number of benzene rings is 2. The van der Waals surface area contributed by atoms with Crippen LogP contribution in [0.2, 0.25) is 0 Å². The molecule has 1 aliphatic heterocycles. The van der Waals surface area contributed by atoms with Crippen LogP contribution < -0.4 is 10.6 Å². The minimum absolute atomic E-state index is 0.0636. The number of hydrogen-bond acceptors (Lipinski definition) is 5. The van der Waals surface area contributed by atoms with Crippen LogP contribution in [-0.2, 0) is 11.2 Å². The van der Waals surface area contributed by atoms with Crippen LogP contribution >= 0.6 is 11.3 Å². The minimum Gasteiger partial charge on any atom is -0.354 e. The van der Waals surface area contributed by atoms with Gasteiger partial charge in [-0.05, 0) is 43.6 Å². The summed E-state index contributed by atoms with van der Waals surface area (Å²) in [4.78, 5) is 31.7. The van der Waals surface area contributed by atoms with E-state index in [0.717, 1.165) is 13.1 Å². The molecule has 0 bridgehead atoms. The summed E-state index contributed by atoms with van der Waals surface area (Å²) in [6.07, 6.45) is 2.60. The van der Waals surface area contributed by atoms with Crippen molar-refractivity contribution >= 4 is 28.3 Å². The van der Waals surface area contributed by atoms with Crippen LogP contribution in [0.25, 0.3) is 0 Å². The van der Waals surface area contributed by atoms with Gasteiger partial charge in [0.15, 0.2) is 5.13 Å². The first kappa shape index (κ1) is 21.2. The number of hydrogen-bond donors (Lipinski definition) is 2. The van der Waals surface area contributed by atoms with Gasteiger partial charge < -0.3 is 5.32 Å². The predicted octanol–water partition coefficient (Wildman–Crippen LogP) is 3.89. The van der Waals surface area contributed by atoms with Crippen molar-refractivity contribution < 1.29 is 9.59 Å². The van der Waals surface area contributed by atoms with Crippen molar-refractivity contribution in [1.29, 1.82) is 0 Å². The fourth-order valence-electron chi connectivity index (χ4n) is 3.83. The van der Waals surface area contributed by atoms with E-state index in [2.05, 4.69) is 32.7 Å². The van der Waals surface area contributed by atoms with Gasteiger partial charge in [-0.25, -0.2) is 4.98 Å². The molecule has 1 aliphatic rings. The number of anilines is 1. The molecule has 2 N–H and O–H groups in total. The van der Waals surface area contributed by atoms with E-state index in [1.165, 1.54) is 29.7 Å². The molecule has 7 heteroatoms. The van der Waals surface area contributed by atoms with E-state index in [4.69, 9.17) is 0 Å². The normalized spacial score (nSPS) is 14.8. The number of amides is 2. The van der Waals surface area contributed by atoms with Gasteiger partial charge in [0.05, 0.1) is 18.2 Å². The molecule has 2 amide bonds. The largest absolute Gasteiger partial charge is 0.354 e. The van der Waals surface area contributed by atoms with Crippen molar-refractivity contribution in [3.63, 3.8) is 0 Å². The van der Waals surface area contributed by atoms with E-state index < -0.39 is 0 Å². The Balaban J connectivity index is 1.31. The smallest absolute Gasteiger partial charge is 0.257 e. The highest BCUT2D eigenvalue weighted by Crippen LogP contribution is 2.24. The lowest BCUT2D eigenvalue weighted by molar-refractivity contribution is -0.120. The van der Waals surface area contributed by atoms with Crippen molar-refractivity contribution in [3.8, 4) is 0 Å². The summed E-state index contributed by atoms with van der Waals surface area (Å²) >= 11 is 1.32. The van der Waals surface area contributed by atoms with Gasteiger partial charge in [0.25, 0.3) is 5.91 Å². The second kappa shape index (κ2) is 10.3. The molecule has 0 aliphatic carbocycles. The fraction of sp³-hybridized carbons (Fsp3) is 0.292. The van der Waals surface area contributed by atoms with Crippen molar-refractivity contribution in [3.05, 3.63) is 82.9 Å². The summed E-state index contributed by atoms with van der Waals surface area (Å²) in [6, 6.07) is 19.5. The second-order valence-corrected chi connectivity index (χ2v) is 8.47. The summed E-state index contributed by atoms with van der Waals surface area (Å²) in [6.45, 7) is 2.70. The van der Waals surface area contributed by atoms with Crippen LogP contribution in [0, 0.1) is 0 Å². The highest BCUT2D eigenvalue weighted by Gasteiger charge is 2.24. The number of rotatable bonds is 8. The Bertz CT molecular complexity index is 1000. The summed E-state index contributed by atoms with van der Waals surface area (Å²) in [5, 5.41) is 8.18. The van der Waals surface area contributed by atoms with Gasteiger partial charge in [0.1, 0.15) is 0 Å². The maximum absolute atomic E-state index is 12.6. The molecule has 0 saturated carbocycles. The lowest BCUT2D eigenvalue weighted by Crippen LogP contribution is -2.37. The van der Waals surface area contributed by atoms with Gasteiger partial charge >= 0.3 is 0 Å². The van der Waals surface area contributed by atoms with Gasteiger partial charge in [0, 0.05) is 17.5 Å². The zero-order chi connectivity index (χ0) is 21.5. The molecule has 6 nitrogen and oxygen atoms in total. The number of nitrogens with zero attached hydrogens (tertiary/aromatic N) is 2. The molecule has 3 aromatic rings. The third-order valence-electron chi connectivity index (χ3n) is 5.41. The Hall–Kier alpha value is -3.03. The summed E-state index contributed by atoms with van der Waals surface area (Å²) in [5.41, 5.74) is 2.46. The highest BCUT2D eigenvalue weighted by molar-refractivity contribution is 7.14. The van der Waals surface area contributed by atoms with Crippen molar-refractivity contribution in [1.82, 2.24) is 15.2 Å². The Labute approximate surface area is 186 Å². The van der Waals surface area contributed by atoms with Gasteiger partial charge in [-0.15, -0.1) is 11.3 Å². The van der Waals surface area contributed by atoms with Gasteiger partial charge in [-0.2, -0.15) is 0 Å². The third kappa shape index (κ3) is 5.77. The molecule has 4 rings (SSSR count). The Morgan fingerprint density at radius 1 is 1.00 bits per heavy atom. The van der Waals surface area contributed by atoms with Crippen LogP contribution in [0.5, 0.6) is 0 Å². The number of likely N-dealkylation sites (tertiary alicyclic amines) is 1. The maximum atomic E-state index is 12.6. The topological polar surface area (TPSA) is 74.3 Å². The summed E-state index contributed by atoms with van der Waals surface area (Å²) in [5.74, 6) is -0.270. The zero-order valence-electron chi connectivity index (χ0n) is 17.3. The average Bonchev–Trinajstić information content (AvgIpc) is 3.48. The van der Waals surface area contributed by atoms with E-state index in [1.54, 1.807) is 12.1 Å². The van der Waals surface area contributed by atoms with E-state index in [-0.39, 0.29) is 24.3 Å². The fourth-order valence-corrected chi connectivity index (χ4v) is 4.53. The molecule has 160 valence electrons. The average molecular weight is 435 g/mol. The molecule has 1 saturated heterocycles. The number of nitrogens with one attached hydrogen (secondary N) is 2. The minimum atomic E-state index is -0.206. The molecule has 0 radical (unpaired) electrons. The molecule has 0 spiro atoms. The van der Waals surface area contributed by atoms with Crippen LogP contribution in [0.15, 0.2) is 66.0 Å². The maximum Gasteiger partial charge on any atom is 0.257 e. The van der Waals surface area contributed by atoms with E-state index >= 15 is 0 Å². The Morgan fingerprint density at radius 3 is 2.39 bits per heavy atom. The first-order valence-corrected chi connectivity index (χ1v) is 11.4. The van der Waals surface area contributed by atoms with Gasteiger partial charge in [0.2, 0.25) is 5.91 Å². The number of thiazole rings is 1. The molecule has 2 heterocycles.